The quantitative estimate of drug-likeness (QED) is 0.178. The van der Waals surface area contributed by atoms with Crippen molar-refractivity contribution in [1.29, 1.82) is 0 Å². The van der Waals surface area contributed by atoms with Crippen molar-refractivity contribution in [3.63, 3.8) is 0 Å². The summed E-state index contributed by atoms with van der Waals surface area (Å²) in [4.78, 5) is 29.8. The maximum Gasteiger partial charge on any atom is 0.264 e. The maximum absolute atomic E-state index is 14.5. The topological polar surface area (TPSA) is 86.8 Å². The molecular formula is C34H34Cl3N3O4S. The number of rotatable bonds is 11. The van der Waals surface area contributed by atoms with Crippen LogP contribution in [0, 0.1) is 0 Å². The minimum atomic E-state index is -4.29. The van der Waals surface area contributed by atoms with Crippen LogP contribution in [0.1, 0.15) is 31.9 Å². The number of anilines is 1. The van der Waals surface area contributed by atoms with E-state index in [2.05, 4.69) is 5.32 Å². The average Bonchev–Trinajstić information content (AvgIpc) is 2.98. The fourth-order valence-corrected chi connectivity index (χ4v) is 6.98. The second-order valence-corrected chi connectivity index (χ2v) is 14.7. The lowest BCUT2D eigenvalue weighted by atomic mass is 10.0. The first kappa shape index (κ1) is 34.3. The first-order valence-corrected chi connectivity index (χ1v) is 16.7. The molecule has 4 aromatic carbocycles. The van der Waals surface area contributed by atoms with Gasteiger partial charge in [-0.15, -0.1) is 0 Å². The maximum atomic E-state index is 14.5. The highest BCUT2D eigenvalue weighted by Crippen LogP contribution is 2.33. The summed E-state index contributed by atoms with van der Waals surface area (Å²) in [5.74, 6) is -1.01. The molecule has 4 aromatic rings. The van der Waals surface area contributed by atoms with Crippen LogP contribution >= 0.6 is 34.8 Å². The molecule has 0 radical (unpaired) electrons. The van der Waals surface area contributed by atoms with Crippen LogP contribution in [0.25, 0.3) is 0 Å². The van der Waals surface area contributed by atoms with Crippen molar-refractivity contribution < 1.29 is 18.0 Å². The van der Waals surface area contributed by atoms with Crippen LogP contribution in [-0.2, 0) is 32.6 Å². The summed E-state index contributed by atoms with van der Waals surface area (Å²) in [6.45, 7) is 4.90. The third-order valence-electron chi connectivity index (χ3n) is 6.80. The molecule has 0 fully saturated rings. The Morgan fingerprint density at radius 1 is 0.778 bits per heavy atom. The van der Waals surface area contributed by atoms with E-state index in [1.165, 1.54) is 35.2 Å². The number of hydrogen-bond acceptors (Lipinski definition) is 4. The Bertz CT molecular complexity index is 1750. The molecular weight excluding hydrogens is 653 g/mol. The Kier molecular flexibility index (Phi) is 11.2. The number of halogens is 3. The van der Waals surface area contributed by atoms with Crippen LogP contribution in [0.5, 0.6) is 0 Å². The zero-order valence-corrected chi connectivity index (χ0v) is 28.2. The summed E-state index contributed by atoms with van der Waals surface area (Å²) in [5.41, 5.74) is 0.959. The van der Waals surface area contributed by atoms with Gasteiger partial charge in [0, 0.05) is 28.5 Å². The van der Waals surface area contributed by atoms with E-state index >= 15 is 0 Å². The molecule has 0 heterocycles. The Morgan fingerprint density at radius 2 is 1.38 bits per heavy atom. The molecule has 236 valence electrons. The van der Waals surface area contributed by atoms with Crippen molar-refractivity contribution >= 4 is 62.3 Å². The second-order valence-electron chi connectivity index (χ2n) is 11.5. The van der Waals surface area contributed by atoms with Crippen molar-refractivity contribution in [2.24, 2.45) is 0 Å². The average molecular weight is 687 g/mol. The Morgan fingerprint density at radius 3 is 1.98 bits per heavy atom. The minimum absolute atomic E-state index is 0.0119. The van der Waals surface area contributed by atoms with E-state index in [1.807, 2.05) is 51.1 Å². The lowest BCUT2D eigenvalue weighted by Crippen LogP contribution is -2.56. The van der Waals surface area contributed by atoms with E-state index in [0.29, 0.717) is 15.6 Å². The Hall–Kier alpha value is -3.56. The summed E-state index contributed by atoms with van der Waals surface area (Å²) in [5, 5.41) is 3.81. The number of benzene rings is 4. The highest BCUT2D eigenvalue weighted by atomic mass is 35.5. The number of carbonyl (C=O) groups excluding carboxylic acids is 2. The highest BCUT2D eigenvalue weighted by Gasteiger charge is 2.36. The van der Waals surface area contributed by atoms with E-state index < -0.39 is 34.1 Å². The van der Waals surface area contributed by atoms with Gasteiger partial charge in [-0.1, -0.05) is 95.5 Å². The van der Waals surface area contributed by atoms with E-state index in [9.17, 15) is 18.0 Å². The fourth-order valence-electron chi connectivity index (χ4n) is 4.76. The number of sulfonamides is 1. The van der Waals surface area contributed by atoms with Gasteiger partial charge in [0.15, 0.2) is 0 Å². The van der Waals surface area contributed by atoms with E-state index in [4.69, 9.17) is 34.8 Å². The molecule has 0 saturated heterocycles. The highest BCUT2D eigenvalue weighted by molar-refractivity contribution is 7.92. The van der Waals surface area contributed by atoms with Gasteiger partial charge in [-0.25, -0.2) is 8.42 Å². The smallest absolute Gasteiger partial charge is 0.264 e. The van der Waals surface area contributed by atoms with Gasteiger partial charge >= 0.3 is 0 Å². The predicted molar refractivity (Wildman–Crippen MR) is 181 cm³/mol. The summed E-state index contributed by atoms with van der Waals surface area (Å²) in [6, 6.07) is 27.4. The third kappa shape index (κ3) is 9.23. The molecule has 1 atom stereocenters. The van der Waals surface area contributed by atoms with Crippen molar-refractivity contribution in [3.05, 3.63) is 129 Å². The van der Waals surface area contributed by atoms with Crippen molar-refractivity contribution in [1.82, 2.24) is 10.2 Å². The van der Waals surface area contributed by atoms with Crippen LogP contribution < -0.4 is 9.62 Å². The zero-order valence-electron chi connectivity index (χ0n) is 25.1. The molecule has 11 heteroatoms. The van der Waals surface area contributed by atoms with Gasteiger partial charge in [0.25, 0.3) is 10.0 Å². The molecule has 4 rings (SSSR count). The molecule has 0 saturated carbocycles. The van der Waals surface area contributed by atoms with Gasteiger partial charge in [0.2, 0.25) is 11.8 Å². The molecule has 0 aliphatic heterocycles. The second kappa shape index (κ2) is 14.7. The van der Waals surface area contributed by atoms with Gasteiger partial charge in [-0.3, -0.25) is 13.9 Å². The molecule has 7 nitrogen and oxygen atoms in total. The largest absolute Gasteiger partial charge is 0.350 e. The standard InChI is InChI=1S/C34H34Cl3N3O4S/c1-34(2,3)38-33(42)31(20-24-11-6-4-7-12-24)39(22-25-13-10-14-26(35)19-25)32(41)23-40(30-18-17-27(36)21-29(30)37)45(43,44)28-15-8-5-9-16-28/h4-19,21,31H,20,22-23H2,1-3H3,(H,38,42)/t31-/m1/s1. The molecule has 0 bridgehead atoms. The first-order chi connectivity index (χ1) is 21.2. The van der Waals surface area contributed by atoms with Gasteiger partial charge in [0.05, 0.1) is 15.6 Å². The van der Waals surface area contributed by atoms with Gasteiger partial charge in [-0.05, 0) is 74.4 Å². The first-order valence-electron chi connectivity index (χ1n) is 14.2. The SMILES string of the molecule is CC(C)(C)NC(=O)[C@@H](Cc1ccccc1)N(Cc1cccc(Cl)c1)C(=O)CN(c1ccc(Cl)cc1Cl)S(=O)(=O)c1ccccc1. The number of nitrogens with one attached hydrogen (secondary N) is 1. The van der Waals surface area contributed by atoms with Crippen molar-refractivity contribution in [3.8, 4) is 0 Å². The molecule has 0 aliphatic rings. The Balaban J connectivity index is 1.84. The lowest BCUT2D eigenvalue weighted by molar-refractivity contribution is -0.140. The van der Waals surface area contributed by atoms with Gasteiger partial charge in [-0.2, -0.15) is 0 Å². The minimum Gasteiger partial charge on any atom is -0.350 e. The lowest BCUT2D eigenvalue weighted by Gasteiger charge is -2.35. The van der Waals surface area contributed by atoms with Crippen LogP contribution in [-0.4, -0.2) is 43.3 Å². The fraction of sp³-hybridized carbons (Fsp3) is 0.235. The van der Waals surface area contributed by atoms with E-state index in [1.54, 1.807) is 42.5 Å². The zero-order chi connectivity index (χ0) is 32.8. The summed E-state index contributed by atoms with van der Waals surface area (Å²) >= 11 is 19.0. The summed E-state index contributed by atoms with van der Waals surface area (Å²) < 4.78 is 29.1. The third-order valence-corrected chi connectivity index (χ3v) is 9.35. The Labute approximate surface area is 279 Å². The summed E-state index contributed by atoms with van der Waals surface area (Å²) in [6.07, 6.45) is 0.183. The summed E-state index contributed by atoms with van der Waals surface area (Å²) in [7, 11) is -4.29. The van der Waals surface area contributed by atoms with Crippen LogP contribution in [0.2, 0.25) is 15.1 Å². The van der Waals surface area contributed by atoms with Gasteiger partial charge < -0.3 is 10.2 Å². The molecule has 0 aromatic heterocycles. The monoisotopic (exact) mass is 685 g/mol. The van der Waals surface area contributed by atoms with Crippen molar-refractivity contribution in [2.45, 2.75) is 50.2 Å². The van der Waals surface area contributed by atoms with Crippen LogP contribution in [0.4, 0.5) is 5.69 Å². The van der Waals surface area contributed by atoms with Crippen LogP contribution in [0.15, 0.2) is 108 Å². The normalized spacial score (nSPS) is 12.3. The van der Waals surface area contributed by atoms with Gasteiger partial charge in [0.1, 0.15) is 12.6 Å². The molecule has 45 heavy (non-hydrogen) atoms. The van der Waals surface area contributed by atoms with Crippen LogP contribution in [0.3, 0.4) is 0 Å². The molecule has 0 aliphatic carbocycles. The molecule has 0 unspecified atom stereocenters. The van der Waals surface area contributed by atoms with Crippen molar-refractivity contribution in [2.75, 3.05) is 10.8 Å². The number of hydrogen-bond donors (Lipinski definition) is 1. The van der Waals surface area contributed by atoms with E-state index in [0.717, 1.165) is 9.87 Å². The molecule has 0 spiro atoms. The number of amides is 2. The predicted octanol–water partition coefficient (Wildman–Crippen LogP) is 7.40. The van der Waals surface area contributed by atoms with E-state index in [-0.39, 0.29) is 34.5 Å². The molecule has 2 amide bonds. The number of nitrogens with zero attached hydrogens (tertiary/aromatic N) is 2. The number of carbonyl (C=O) groups is 2. The molecule has 1 N–H and O–H groups in total.